The average Bonchev–Trinajstić information content (AvgIpc) is 3.00. The predicted molar refractivity (Wildman–Crippen MR) is 150 cm³/mol. The largest absolute Gasteiger partial charge is 0.345 e. The Bertz CT molecular complexity index is 1250. The maximum Gasteiger partial charge on any atom is 0.345 e. The highest BCUT2D eigenvalue weighted by Gasteiger charge is 2.44. The van der Waals surface area contributed by atoms with Crippen LogP contribution in [0.15, 0.2) is 53.4 Å². The molecule has 0 radical (unpaired) electrons. The lowest BCUT2D eigenvalue weighted by Crippen LogP contribution is -2.49. The maximum absolute atomic E-state index is 13.6. The molecule has 1 aliphatic heterocycles. The van der Waals surface area contributed by atoms with Gasteiger partial charge in [0.1, 0.15) is 6.04 Å². The van der Waals surface area contributed by atoms with E-state index in [4.69, 9.17) is 0 Å². The first kappa shape index (κ1) is 30.0. The Labute approximate surface area is 231 Å². The third-order valence-electron chi connectivity index (χ3n) is 7.26. The molecule has 4 rings (SSSR count). The molecule has 2 aromatic rings. The number of thioether (sulfide) groups is 1. The van der Waals surface area contributed by atoms with Crippen molar-refractivity contribution in [1.29, 1.82) is 0 Å². The molecule has 0 spiro atoms. The molecular formula is C26H34N2O8P2S. The quantitative estimate of drug-likeness (QED) is 0.259. The van der Waals surface area contributed by atoms with Crippen molar-refractivity contribution in [3.63, 3.8) is 0 Å². The van der Waals surface area contributed by atoms with Gasteiger partial charge in [0.2, 0.25) is 5.91 Å². The summed E-state index contributed by atoms with van der Waals surface area (Å²) in [6.45, 7) is 0.556. The van der Waals surface area contributed by atoms with Crippen LogP contribution in [0.4, 0.5) is 5.69 Å². The summed E-state index contributed by atoms with van der Waals surface area (Å²) in [6, 6.07) is 11.6. The molecule has 13 heteroatoms. The standard InChI is InChI=1S/C26H34N2O8P2S/c29-24(19-12-14-20(15-13-19)26(37(31,32)33)38(34,35)36)27-21-17-39-23-11-5-4-10-22(23)28(25(21)30)16-6-9-18-7-2-1-3-8-18/h4-5,10-15,18,21,26H,1-3,6-9,16-17H2,(H,27,29)(H2,31,32,33)(H2,34,35,36)/t21-/m0/s1. The zero-order valence-electron chi connectivity index (χ0n) is 21.4. The van der Waals surface area contributed by atoms with E-state index in [0.29, 0.717) is 18.2 Å². The van der Waals surface area contributed by atoms with Crippen molar-refractivity contribution in [1.82, 2.24) is 5.32 Å². The first-order chi connectivity index (χ1) is 18.4. The van der Waals surface area contributed by atoms with Crippen LogP contribution in [0.1, 0.15) is 66.3 Å². The van der Waals surface area contributed by atoms with Crippen LogP contribution in [-0.4, -0.2) is 49.7 Å². The van der Waals surface area contributed by atoms with E-state index in [0.717, 1.165) is 35.6 Å². The van der Waals surface area contributed by atoms with Gasteiger partial charge in [0, 0.05) is 22.8 Å². The van der Waals surface area contributed by atoms with E-state index >= 15 is 0 Å². The Morgan fingerprint density at radius 1 is 0.974 bits per heavy atom. The second-order valence-corrected chi connectivity index (χ2v) is 15.0. The van der Waals surface area contributed by atoms with E-state index in [-0.39, 0.29) is 17.0 Å². The van der Waals surface area contributed by atoms with Gasteiger partial charge in [-0.2, -0.15) is 0 Å². The van der Waals surface area contributed by atoms with Gasteiger partial charge in [-0.1, -0.05) is 56.4 Å². The van der Waals surface area contributed by atoms with Crippen molar-refractivity contribution in [3.05, 3.63) is 59.7 Å². The summed E-state index contributed by atoms with van der Waals surface area (Å²) in [5.41, 5.74) is 0.643. The molecule has 39 heavy (non-hydrogen) atoms. The van der Waals surface area contributed by atoms with Gasteiger partial charge in [0.05, 0.1) is 5.69 Å². The lowest BCUT2D eigenvalue weighted by molar-refractivity contribution is -0.119. The van der Waals surface area contributed by atoms with Gasteiger partial charge in [-0.25, -0.2) is 0 Å². The summed E-state index contributed by atoms with van der Waals surface area (Å²) in [7, 11) is -10.3. The van der Waals surface area contributed by atoms with Crippen molar-refractivity contribution < 1.29 is 38.3 Å². The molecule has 2 amide bonds. The lowest BCUT2D eigenvalue weighted by Gasteiger charge is -2.27. The first-order valence-electron chi connectivity index (χ1n) is 13.0. The van der Waals surface area contributed by atoms with E-state index < -0.39 is 32.5 Å². The number of fused-ring (bicyclic) bond motifs is 1. The minimum Gasteiger partial charge on any atom is -0.339 e. The molecule has 0 unspecified atom stereocenters. The molecule has 2 aromatic carbocycles. The fraction of sp³-hybridized carbons (Fsp3) is 0.462. The number of hydrogen-bond donors (Lipinski definition) is 5. The zero-order valence-corrected chi connectivity index (χ0v) is 24.0. The van der Waals surface area contributed by atoms with Gasteiger partial charge >= 0.3 is 15.2 Å². The number of anilines is 1. The van der Waals surface area contributed by atoms with E-state index in [9.17, 15) is 38.3 Å². The molecule has 2 aliphatic rings. The summed E-state index contributed by atoms with van der Waals surface area (Å²) in [5, 5.41) is 0.464. The number of benzene rings is 2. The maximum atomic E-state index is 13.6. The van der Waals surface area contributed by atoms with Gasteiger partial charge in [0.25, 0.3) is 5.91 Å². The number of rotatable bonds is 9. The van der Waals surface area contributed by atoms with Crippen molar-refractivity contribution in [3.8, 4) is 0 Å². The van der Waals surface area contributed by atoms with Crippen molar-refractivity contribution in [2.45, 2.75) is 61.3 Å². The SMILES string of the molecule is O=C(N[C@H]1CSc2ccccc2N(CCCC2CCCCC2)C1=O)c1ccc(C(P(=O)(O)O)P(=O)(O)O)cc1. The van der Waals surface area contributed by atoms with Crippen LogP contribution < -0.4 is 10.2 Å². The first-order valence-corrected chi connectivity index (χ1v) is 17.3. The summed E-state index contributed by atoms with van der Waals surface area (Å²) in [5.74, 6) is 0.249. The topological polar surface area (TPSA) is 164 Å². The van der Waals surface area contributed by atoms with Crippen LogP contribution in [0.25, 0.3) is 0 Å². The zero-order chi connectivity index (χ0) is 28.2. The summed E-state index contributed by atoms with van der Waals surface area (Å²) >= 11 is 1.49. The third kappa shape index (κ3) is 7.61. The Balaban J connectivity index is 1.47. The second-order valence-electron chi connectivity index (χ2n) is 10.1. The Kier molecular flexibility index (Phi) is 9.76. The summed E-state index contributed by atoms with van der Waals surface area (Å²) < 4.78 is 23.4. The van der Waals surface area contributed by atoms with Gasteiger partial charge in [-0.05, 0) is 48.6 Å². The van der Waals surface area contributed by atoms with Gasteiger partial charge < -0.3 is 29.8 Å². The average molecular weight is 597 g/mol. The number of para-hydroxylation sites is 1. The van der Waals surface area contributed by atoms with Gasteiger partial charge in [-0.3, -0.25) is 18.7 Å². The number of nitrogens with zero attached hydrogens (tertiary/aromatic N) is 1. The minimum atomic E-state index is -5.17. The Morgan fingerprint density at radius 2 is 1.62 bits per heavy atom. The van der Waals surface area contributed by atoms with E-state index in [1.807, 2.05) is 24.3 Å². The minimum absolute atomic E-state index is 0.0948. The highest BCUT2D eigenvalue weighted by atomic mass is 32.2. The van der Waals surface area contributed by atoms with Crippen LogP contribution in [0.2, 0.25) is 0 Å². The van der Waals surface area contributed by atoms with Crippen LogP contribution in [0, 0.1) is 5.92 Å². The number of hydrogen-bond acceptors (Lipinski definition) is 5. The highest BCUT2D eigenvalue weighted by Crippen LogP contribution is 2.69. The van der Waals surface area contributed by atoms with Crippen LogP contribution in [-0.2, 0) is 13.9 Å². The molecule has 5 N–H and O–H groups in total. The molecule has 1 saturated carbocycles. The normalized spacial score (nSPS) is 19.1. The van der Waals surface area contributed by atoms with Crippen molar-refractivity contribution in [2.24, 2.45) is 5.92 Å². The molecular weight excluding hydrogens is 562 g/mol. The van der Waals surface area contributed by atoms with E-state index in [1.165, 1.54) is 56.0 Å². The molecule has 1 heterocycles. The van der Waals surface area contributed by atoms with Gasteiger partial charge in [0.15, 0.2) is 5.40 Å². The Morgan fingerprint density at radius 3 is 2.26 bits per heavy atom. The smallest absolute Gasteiger partial charge is 0.339 e. The van der Waals surface area contributed by atoms with Gasteiger partial charge in [-0.15, -0.1) is 11.8 Å². The van der Waals surface area contributed by atoms with Crippen molar-refractivity contribution in [2.75, 3.05) is 17.2 Å². The monoisotopic (exact) mass is 596 g/mol. The second kappa shape index (κ2) is 12.7. The van der Waals surface area contributed by atoms with Crippen LogP contribution >= 0.6 is 27.0 Å². The molecule has 1 atom stereocenters. The summed E-state index contributed by atoms with van der Waals surface area (Å²) in [6.07, 6.45) is 8.23. The number of amides is 2. The lowest BCUT2D eigenvalue weighted by atomic mass is 9.86. The predicted octanol–water partition coefficient (Wildman–Crippen LogP) is 4.64. The highest BCUT2D eigenvalue weighted by molar-refractivity contribution is 7.99. The fourth-order valence-electron chi connectivity index (χ4n) is 5.33. The molecule has 0 saturated heterocycles. The Hall–Kier alpha value is -1.97. The fourth-order valence-corrected chi connectivity index (χ4v) is 9.10. The number of carbonyl (C=O) groups excluding carboxylic acids is 2. The molecule has 0 aromatic heterocycles. The van der Waals surface area contributed by atoms with Crippen LogP contribution in [0.5, 0.6) is 0 Å². The molecule has 0 bridgehead atoms. The molecule has 212 valence electrons. The van der Waals surface area contributed by atoms with E-state index in [2.05, 4.69) is 5.32 Å². The summed E-state index contributed by atoms with van der Waals surface area (Å²) in [4.78, 5) is 67.2. The third-order valence-corrected chi connectivity index (χ3v) is 12.1. The van der Waals surface area contributed by atoms with Crippen LogP contribution in [0.3, 0.4) is 0 Å². The number of nitrogens with one attached hydrogen (secondary N) is 1. The number of carbonyl (C=O) groups is 2. The van der Waals surface area contributed by atoms with E-state index in [1.54, 1.807) is 4.90 Å². The molecule has 1 aliphatic carbocycles. The van der Waals surface area contributed by atoms with Crippen molar-refractivity contribution >= 4 is 44.5 Å². The molecule has 10 nitrogen and oxygen atoms in total. The molecule has 1 fully saturated rings.